The summed E-state index contributed by atoms with van der Waals surface area (Å²) in [5, 5.41) is 9.50. The van der Waals surface area contributed by atoms with Crippen molar-refractivity contribution in [3.8, 4) is 5.75 Å². The van der Waals surface area contributed by atoms with Crippen molar-refractivity contribution in [2.45, 2.75) is 25.3 Å². The molecule has 1 amide bonds. The fourth-order valence-electron chi connectivity index (χ4n) is 3.31. The maximum atomic E-state index is 13.1. The van der Waals surface area contributed by atoms with Gasteiger partial charge in [-0.2, -0.15) is 0 Å². The first-order valence-corrected chi connectivity index (χ1v) is 7.83. The smallest absolute Gasteiger partial charge is 0.311 e. The van der Waals surface area contributed by atoms with Gasteiger partial charge in [0, 0.05) is 11.7 Å². The van der Waals surface area contributed by atoms with Gasteiger partial charge in [-0.15, -0.1) is 0 Å². The van der Waals surface area contributed by atoms with Gasteiger partial charge in [-0.3, -0.25) is 9.59 Å². The summed E-state index contributed by atoms with van der Waals surface area (Å²) in [5.41, 5.74) is 1.79. The molecule has 3 rings (SSSR count). The molecular formula is C19H19NO4. The lowest BCUT2D eigenvalue weighted by Crippen LogP contribution is -2.44. The largest absolute Gasteiger partial charge is 0.496 e. The maximum Gasteiger partial charge on any atom is 0.311 e. The Morgan fingerprint density at radius 1 is 1.12 bits per heavy atom. The molecule has 5 nitrogen and oxygen atoms in total. The number of rotatable bonds is 3. The van der Waals surface area contributed by atoms with E-state index in [1.54, 1.807) is 41.3 Å². The number of aliphatic carboxylic acids is 1. The molecule has 0 unspecified atom stereocenters. The Morgan fingerprint density at radius 3 is 2.50 bits per heavy atom. The van der Waals surface area contributed by atoms with Crippen molar-refractivity contribution in [1.29, 1.82) is 0 Å². The van der Waals surface area contributed by atoms with Gasteiger partial charge in [-0.1, -0.05) is 30.3 Å². The third-order valence-corrected chi connectivity index (χ3v) is 4.44. The Labute approximate surface area is 140 Å². The minimum absolute atomic E-state index is 0.184. The Kier molecular flexibility index (Phi) is 4.25. The molecule has 0 saturated heterocycles. The van der Waals surface area contributed by atoms with E-state index in [9.17, 15) is 14.7 Å². The molecule has 1 aliphatic heterocycles. The number of anilines is 1. The molecule has 2 aromatic carbocycles. The molecule has 1 N–H and O–H groups in total. The van der Waals surface area contributed by atoms with Crippen LogP contribution in [0, 0.1) is 0 Å². The second kappa shape index (κ2) is 6.35. The van der Waals surface area contributed by atoms with Crippen LogP contribution in [-0.4, -0.2) is 30.1 Å². The fourth-order valence-corrected chi connectivity index (χ4v) is 3.31. The molecule has 0 bridgehead atoms. The SMILES string of the molecule is COc1ccccc1C(=O)N1c2ccccc2[C@H](C(=O)O)C[C@H]1C. The van der Waals surface area contributed by atoms with E-state index in [2.05, 4.69) is 0 Å². The summed E-state index contributed by atoms with van der Waals surface area (Å²) in [4.78, 5) is 26.4. The van der Waals surface area contributed by atoms with E-state index in [1.807, 2.05) is 19.1 Å². The molecule has 24 heavy (non-hydrogen) atoms. The quantitative estimate of drug-likeness (QED) is 0.940. The molecule has 0 radical (unpaired) electrons. The average molecular weight is 325 g/mol. The number of ether oxygens (including phenoxy) is 1. The first-order chi connectivity index (χ1) is 11.5. The molecule has 0 fully saturated rings. The Morgan fingerprint density at radius 2 is 1.79 bits per heavy atom. The summed E-state index contributed by atoms with van der Waals surface area (Å²) in [6, 6.07) is 14.0. The second-order valence-corrected chi connectivity index (χ2v) is 5.91. The lowest BCUT2D eigenvalue weighted by molar-refractivity contribution is -0.139. The fraction of sp³-hybridized carbons (Fsp3) is 0.263. The van der Waals surface area contributed by atoms with Crippen LogP contribution in [-0.2, 0) is 4.79 Å². The summed E-state index contributed by atoms with van der Waals surface area (Å²) in [6.07, 6.45) is 0.382. The van der Waals surface area contributed by atoms with E-state index in [4.69, 9.17) is 4.74 Å². The third-order valence-electron chi connectivity index (χ3n) is 4.44. The Hall–Kier alpha value is -2.82. The zero-order valence-corrected chi connectivity index (χ0v) is 13.6. The first-order valence-electron chi connectivity index (χ1n) is 7.83. The lowest BCUT2D eigenvalue weighted by atomic mass is 9.85. The van der Waals surface area contributed by atoms with Gasteiger partial charge in [0.1, 0.15) is 5.75 Å². The van der Waals surface area contributed by atoms with Gasteiger partial charge in [-0.25, -0.2) is 0 Å². The molecule has 0 saturated carbocycles. The normalized spacial score (nSPS) is 19.5. The van der Waals surface area contributed by atoms with Crippen LogP contribution in [0.5, 0.6) is 5.75 Å². The Balaban J connectivity index is 2.09. The van der Waals surface area contributed by atoms with Crippen LogP contribution in [0.4, 0.5) is 5.69 Å². The predicted octanol–water partition coefficient (Wildman–Crippen LogP) is 3.30. The highest BCUT2D eigenvalue weighted by atomic mass is 16.5. The number of hydrogen-bond donors (Lipinski definition) is 1. The van der Waals surface area contributed by atoms with Crippen LogP contribution < -0.4 is 9.64 Å². The number of carbonyl (C=O) groups excluding carboxylic acids is 1. The molecule has 0 aliphatic carbocycles. The maximum absolute atomic E-state index is 13.1. The molecule has 0 spiro atoms. The number of nitrogens with zero attached hydrogens (tertiary/aromatic N) is 1. The minimum atomic E-state index is -0.862. The summed E-state index contributed by atoms with van der Waals surface area (Å²) in [6.45, 7) is 1.87. The number of fused-ring (bicyclic) bond motifs is 1. The zero-order valence-electron chi connectivity index (χ0n) is 13.6. The number of carboxylic acids is 1. The topological polar surface area (TPSA) is 66.8 Å². The standard InChI is InChI=1S/C19H19NO4/c1-12-11-15(19(22)23)13-7-3-5-9-16(13)20(12)18(21)14-8-4-6-10-17(14)24-2/h3-10,12,15H,11H2,1-2H3,(H,22,23)/t12-,15-/m1/s1. The van der Waals surface area contributed by atoms with Gasteiger partial charge in [0.2, 0.25) is 0 Å². The number of carboxylic acid groups (broad SMARTS) is 1. The predicted molar refractivity (Wildman–Crippen MR) is 90.7 cm³/mol. The lowest BCUT2D eigenvalue weighted by Gasteiger charge is -2.38. The molecule has 1 aliphatic rings. The molecule has 0 aromatic heterocycles. The highest BCUT2D eigenvalue weighted by molar-refractivity contribution is 6.09. The van der Waals surface area contributed by atoms with Crippen molar-refractivity contribution in [3.05, 3.63) is 59.7 Å². The Bertz CT molecular complexity index is 786. The first kappa shape index (κ1) is 16.1. The number of amides is 1. The second-order valence-electron chi connectivity index (χ2n) is 5.91. The minimum Gasteiger partial charge on any atom is -0.496 e. The third kappa shape index (κ3) is 2.62. The van der Waals surface area contributed by atoms with Gasteiger partial charge < -0.3 is 14.7 Å². The van der Waals surface area contributed by atoms with Crippen LogP contribution in [0.2, 0.25) is 0 Å². The van der Waals surface area contributed by atoms with E-state index in [0.29, 0.717) is 29.0 Å². The number of para-hydroxylation sites is 2. The average Bonchev–Trinajstić information content (AvgIpc) is 2.60. The van der Waals surface area contributed by atoms with E-state index < -0.39 is 11.9 Å². The van der Waals surface area contributed by atoms with Crippen LogP contribution in [0.25, 0.3) is 0 Å². The van der Waals surface area contributed by atoms with Crippen LogP contribution >= 0.6 is 0 Å². The number of benzene rings is 2. The van der Waals surface area contributed by atoms with E-state index in [-0.39, 0.29) is 11.9 Å². The van der Waals surface area contributed by atoms with E-state index in [1.165, 1.54) is 7.11 Å². The summed E-state index contributed by atoms with van der Waals surface area (Å²) in [7, 11) is 1.53. The van der Waals surface area contributed by atoms with Crippen LogP contribution in [0.15, 0.2) is 48.5 Å². The molecular weight excluding hydrogens is 306 g/mol. The monoisotopic (exact) mass is 325 g/mol. The van der Waals surface area contributed by atoms with Crippen molar-refractivity contribution in [3.63, 3.8) is 0 Å². The van der Waals surface area contributed by atoms with E-state index >= 15 is 0 Å². The highest BCUT2D eigenvalue weighted by Gasteiger charge is 2.37. The number of hydrogen-bond acceptors (Lipinski definition) is 3. The number of methoxy groups -OCH3 is 1. The van der Waals surface area contributed by atoms with Crippen molar-refractivity contribution in [2.75, 3.05) is 12.0 Å². The molecule has 124 valence electrons. The van der Waals surface area contributed by atoms with Gasteiger partial charge in [0.05, 0.1) is 18.6 Å². The van der Waals surface area contributed by atoms with Gasteiger partial charge >= 0.3 is 5.97 Å². The summed E-state index contributed by atoms with van der Waals surface area (Å²) >= 11 is 0. The zero-order chi connectivity index (χ0) is 17.3. The number of carbonyl (C=O) groups is 2. The van der Waals surface area contributed by atoms with Crippen molar-refractivity contribution >= 4 is 17.6 Å². The van der Waals surface area contributed by atoms with Crippen molar-refractivity contribution < 1.29 is 19.4 Å². The molecule has 1 heterocycles. The van der Waals surface area contributed by atoms with Crippen molar-refractivity contribution in [2.24, 2.45) is 0 Å². The van der Waals surface area contributed by atoms with Gasteiger partial charge in [-0.05, 0) is 37.1 Å². The molecule has 2 aromatic rings. The summed E-state index contributed by atoms with van der Waals surface area (Å²) in [5.74, 6) is -1.14. The van der Waals surface area contributed by atoms with Gasteiger partial charge in [0.15, 0.2) is 0 Å². The molecule has 5 heteroatoms. The van der Waals surface area contributed by atoms with Crippen LogP contribution in [0.1, 0.15) is 35.2 Å². The summed E-state index contributed by atoms with van der Waals surface area (Å²) < 4.78 is 5.30. The van der Waals surface area contributed by atoms with Crippen LogP contribution in [0.3, 0.4) is 0 Å². The van der Waals surface area contributed by atoms with Gasteiger partial charge in [0.25, 0.3) is 5.91 Å². The van der Waals surface area contributed by atoms with E-state index in [0.717, 1.165) is 0 Å². The van der Waals surface area contributed by atoms with Crippen molar-refractivity contribution in [1.82, 2.24) is 0 Å². The molecule has 2 atom stereocenters. The highest BCUT2D eigenvalue weighted by Crippen LogP contribution is 2.39.